The van der Waals surface area contributed by atoms with Crippen LogP contribution in [0.25, 0.3) is 0 Å². The van der Waals surface area contributed by atoms with Gasteiger partial charge in [-0.25, -0.2) is 12.7 Å². The van der Waals surface area contributed by atoms with E-state index in [2.05, 4.69) is 11.9 Å². The standard InChI is InChI=1S/C28H42N2O4S/c1-3-4-5-6-7-8-9-10-11-12-13-16-23-34-27-20-18-25(19-21-27)28(31)30(35(2,32)33)24-26-17-14-15-22-29-26/h14-15,17-22H,3-13,16,23-24H2,1-2H3. The second-order valence-corrected chi connectivity index (χ2v) is 11.1. The number of aromatic nitrogens is 1. The minimum atomic E-state index is -3.74. The zero-order valence-electron chi connectivity index (χ0n) is 21.5. The van der Waals surface area contributed by atoms with Crippen LogP contribution in [0.5, 0.6) is 5.75 Å². The van der Waals surface area contributed by atoms with E-state index in [4.69, 9.17) is 4.74 Å². The first-order valence-electron chi connectivity index (χ1n) is 13.1. The minimum absolute atomic E-state index is 0.101. The highest BCUT2D eigenvalue weighted by molar-refractivity contribution is 7.88. The second-order valence-electron chi connectivity index (χ2n) is 9.16. The number of carbonyl (C=O) groups excluding carboxylic acids is 1. The van der Waals surface area contributed by atoms with Gasteiger partial charge in [0.25, 0.3) is 5.91 Å². The molecule has 7 heteroatoms. The summed E-state index contributed by atoms with van der Waals surface area (Å²) in [5, 5.41) is 0. The van der Waals surface area contributed by atoms with Crippen molar-refractivity contribution in [3.8, 4) is 5.75 Å². The molecule has 0 aliphatic heterocycles. The molecule has 0 aliphatic carbocycles. The van der Waals surface area contributed by atoms with Crippen LogP contribution < -0.4 is 4.74 Å². The number of ether oxygens (including phenoxy) is 1. The average Bonchev–Trinajstić information content (AvgIpc) is 2.85. The van der Waals surface area contributed by atoms with Crippen molar-refractivity contribution in [1.82, 2.24) is 9.29 Å². The van der Waals surface area contributed by atoms with Crippen molar-refractivity contribution in [2.75, 3.05) is 12.9 Å². The third-order valence-corrected chi connectivity index (χ3v) is 7.12. The molecule has 0 radical (unpaired) electrons. The fourth-order valence-corrected chi connectivity index (χ4v) is 4.72. The lowest BCUT2D eigenvalue weighted by Gasteiger charge is -2.20. The molecule has 0 bridgehead atoms. The molecule has 0 N–H and O–H groups in total. The minimum Gasteiger partial charge on any atom is -0.494 e. The Morgan fingerprint density at radius 3 is 1.91 bits per heavy atom. The first-order valence-corrected chi connectivity index (χ1v) is 14.9. The van der Waals surface area contributed by atoms with Crippen molar-refractivity contribution in [3.63, 3.8) is 0 Å². The van der Waals surface area contributed by atoms with Crippen LogP contribution in [0.1, 0.15) is 100 Å². The van der Waals surface area contributed by atoms with Crippen LogP contribution in [0, 0.1) is 0 Å². The normalized spacial score (nSPS) is 11.4. The smallest absolute Gasteiger partial charge is 0.267 e. The molecule has 0 spiro atoms. The fraction of sp³-hybridized carbons (Fsp3) is 0.571. The zero-order chi connectivity index (χ0) is 25.4. The van der Waals surface area contributed by atoms with Crippen molar-refractivity contribution in [3.05, 3.63) is 59.9 Å². The summed E-state index contributed by atoms with van der Waals surface area (Å²) in [4.78, 5) is 17.0. The van der Waals surface area contributed by atoms with E-state index in [0.29, 0.717) is 23.6 Å². The SMILES string of the molecule is CCCCCCCCCCCCCCOc1ccc(C(=O)N(Cc2ccccn2)S(C)(=O)=O)cc1. The molecular weight excluding hydrogens is 460 g/mol. The Morgan fingerprint density at radius 2 is 1.40 bits per heavy atom. The van der Waals surface area contributed by atoms with Crippen molar-refractivity contribution in [2.24, 2.45) is 0 Å². The number of rotatable bonds is 18. The highest BCUT2D eigenvalue weighted by Gasteiger charge is 2.25. The fourth-order valence-electron chi connectivity index (χ4n) is 3.95. The van der Waals surface area contributed by atoms with Crippen LogP contribution >= 0.6 is 0 Å². The van der Waals surface area contributed by atoms with Gasteiger partial charge in [-0.2, -0.15) is 0 Å². The van der Waals surface area contributed by atoms with E-state index < -0.39 is 15.9 Å². The zero-order valence-corrected chi connectivity index (χ0v) is 22.3. The van der Waals surface area contributed by atoms with Crippen LogP contribution in [-0.2, 0) is 16.6 Å². The van der Waals surface area contributed by atoms with Crippen LogP contribution in [0.15, 0.2) is 48.7 Å². The molecule has 2 rings (SSSR count). The van der Waals surface area contributed by atoms with Crippen molar-refractivity contribution in [2.45, 2.75) is 90.5 Å². The summed E-state index contributed by atoms with van der Waals surface area (Å²) in [6.45, 7) is 2.79. The van der Waals surface area contributed by atoms with Gasteiger partial charge in [0.2, 0.25) is 10.0 Å². The highest BCUT2D eigenvalue weighted by atomic mass is 32.2. The van der Waals surface area contributed by atoms with Gasteiger partial charge in [-0.15, -0.1) is 0 Å². The molecule has 35 heavy (non-hydrogen) atoms. The summed E-state index contributed by atoms with van der Waals surface area (Å²) >= 11 is 0. The molecule has 1 heterocycles. The maximum atomic E-state index is 12.9. The average molecular weight is 503 g/mol. The third kappa shape index (κ3) is 11.7. The number of hydrogen-bond acceptors (Lipinski definition) is 5. The Morgan fingerprint density at radius 1 is 0.829 bits per heavy atom. The first kappa shape index (κ1) is 28.8. The maximum absolute atomic E-state index is 12.9. The van der Waals surface area contributed by atoms with Crippen LogP contribution in [0.2, 0.25) is 0 Å². The quantitative estimate of drug-likeness (QED) is 0.210. The monoisotopic (exact) mass is 502 g/mol. The number of unbranched alkanes of at least 4 members (excludes halogenated alkanes) is 11. The van der Waals surface area contributed by atoms with Crippen LogP contribution in [-0.4, -0.2) is 36.5 Å². The lowest BCUT2D eigenvalue weighted by Crippen LogP contribution is -2.35. The Hall–Kier alpha value is -2.41. The summed E-state index contributed by atoms with van der Waals surface area (Å²) < 4.78 is 31.1. The molecule has 0 aliphatic rings. The molecule has 1 aromatic carbocycles. The van der Waals surface area contributed by atoms with Gasteiger partial charge in [-0.05, 0) is 42.8 Å². The van der Waals surface area contributed by atoms with Gasteiger partial charge in [0.1, 0.15) is 5.75 Å². The van der Waals surface area contributed by atoms with E-state index >= 15 is 0 Å². The summed E-state index contributed by atoms with van der Waals surface area (Å²) in [5.41, 5.74) is 0.803. The Bertz CT molecular complexity index is 947. The van der Waals surface area contributed by atoms with E-state index in [-0.39, 0.29) is 6.54 Å². The Labute approximate surface area is 212 Å². The largest absolute Gasteiger partial charge is 0.494 e. The van der Waals surface area contributed by atoms with Crippen LogP contribution in [0.4, 0.5) is 0 Å². The molecule has 6 nitrogen and oxygen atoms in total. The maximum Gasteiger partial charge on any atom is 0.267 e. The van der Waals surface area contributed by atoms with Gasteiger partial charge >= 0.3 is 0 Å². The van der Waals surface area contributed by atoms with Gasteiger partial charge in [0, 0.05) is 11.8 Å². The highest BCUT2D eigenvalue weighted by Crippen LogP contribution is 2.18. The summed E-state index contributed by atoms with van der Waals surface area (Å²) in [7, 11) is -3.74. The predicted molar refractivity (Wildman–Crippen MR) is 142 cm³/mol. The third-order valence-electron chi connectivity index (χ3n) is 6.03. The van der Waals surface area contributed by atoms with Crippen molar-refractivity contribution < 1.29 is 17.9 Å². The molecule has 0 saturated carbocycles. The first-order chi connectivity index (χ1) is 16.9. The molecular formula is C28H42N2O4S. The number of pyridine rings is 1. The topological polar surface area (TPSA) is 76.6 Å². The summed E-state index contributed by atoms with van der Waals surface area (Å²) in [5.74, 6) is 0.103. The summed E-state index contributed by atoms with van der Waals surface area (Å²) in [6, 6.07) is 11.8. The number of nitrogens with zero attached hydrogens (tertiary/aromatic N) is 2. The van der Waals surface area contributed by atoms with Gasteiger partial charge in [-0.3, -0.25) is 9.78 Å². The van der Waals surface area contributed by atoms with Crippen molar-refractivity contribution in [1.29, 1.82) is 0 Å². The van der Waals surface area contributed by atoms with Gasteiger partial charge in [0.05, 0.1) is 25.1 Å². The lowest BCUT2D eigenvalue weighted by atomic mass is 10.1. The van der Waals surface area contributed by atoms with Gasteiger partial charge in [0.15, 0.2) is 0 Å². The van der Waals surface area contributed by atoms with Crippen molar-refractivity contribution >= 4 is 15.9 Å². The molecule has 0 atom stereocenters. The summed E-state index contributed by atoms with van der Waals surface area (Å²) in [6.07, 6.45) is 18.2. The van der Waals surface area contributed by atoms with Gasteiger partial charge in [-0.1, -0.05) is 83.6 Å². The Balaban J connectivity index is 1.66. The van der Waals surface area contributed by atoms with E-state index in [9.17, 15) is 13.2 Å². The van der Waals surface area contributed by atoms with E-state index in [0.717, 1.165) is 23.4 Å². The molecule has 2 aromatic rings. The van der Waals surface area contributed by atoms with E-state index in [1.807, 2.05) is 0 Å². The number of carbonyl (C=O) groups is 1. The number of sulfonamides is 1. The molecule has 194 valence electrons. The van der Waals surface area contributed by atoms with Crippen LogP contribution in [0.3, 0.4) is 0 Å². The molecule has 0 fully saturated rings. The number of benzene rings is 1. The number of hydrogen-bond donors (Lipinski definition) is 0. The van der Waals surface area contributed by atoms with E-state index in [1.54, 1.807) is 48.7 Å². The van der Waals surface area contributed by atoms with Gasteiger partial charge < -0.3 is 4.74 Å². The number of amides is 1. The Kier molecular flexibility index (Phi) is 13.4. The molecule has 1 amide bonds. The molecule has 0 unspecified atom stereocenters. The molecule has 0 saturated heterocycles. The predicted octanol–water partition coefficient (Wildman–Crippen LogP) is 6.76. The second kappa shape index (κ2) is 16.3. The van der Waals surface area contributed by atoms with E-state index in [1.165, 1.54) is 64.2 Å². The lowest BCUT2D eigenvalue weighted by molar-refractivity contribution is 0.0854. The molecule has 1 aromatic heterocycles.